The number of carbonyl (C=O) groups is 1. The van der Waals surface area contributed by atoms with Crippen LogP contribution < -0.4 is 11.1 Å². The van der Waals surface area contributed by atoms with Crippen LogP contribution in [0.4, 0.5) is 5.69 Å². The number of anilines is 1. The predicted molar refractivity (Wildman–Crippen MR) is 69.2 cm³/mol. The second kappa shape index (κ2) is 5.90. The van der Waals surface area contributed by atoms with Gasteiger partial charge >= 0.3 is 0 Å². The van der Waals surface area contributed by atoms with E-state index in [1.807, 2.05) is 0 Å². The number of nitrogens with one attached hydrogen (secondary N) is 1. The van der Waals surface area contributed by atoms with Crippen LogP contribution in [0.25, 0.3) is 0 Å². The zero-order valence-electron chi connectivity index (χ0n) is 8.34. The third-order valence-electron chi connectivity index (χ3n) is 1.86. The van der Waals surface area contributed by atoms with E-state index in [4.69, 9.17) is 23.8 Å². The summed E-state index contributed by atoms with van der Waals surface area (Å²) in [6, 6.07) is 4.36. The van der Waals surface area contributed by atoms with Crippen LogP contribution in [0.2, 0.25) is 5.02 Å². The first-order valence-electron chi connectivity index (χ1n) is 4.49. The Morgan fingerprint density at radius 3 is 2.94 bits per heavy atom. The number of terminal acetylenes is 1. The topological polar surface area (TPSA) is 55.1 Å². The van der Waals surface area contributed by atoms with Gasteiger partial charge in [-0.2, -0.15) is 0 Å². The fourth-order valence-electron chi connectivity index (χ4n) is 1.03. The van der Waals surface area contributed by atoms with Gasteiger partial charge in [-0.1, -0.05) is 11.6 Å². The monoisotopic (exact) mass is 300 g/mol. The lowest BCUT2D eigenvalue weighted by molar-refractivity contribution is -0.117. The fraction of sp³-hybridized carbons (Fsp3) is 0.182. The van der Waals surface area contributed by atoms with Gasteiger partial charge in [0.1, 0.15) is 0 Å². The summed E-state index contributed by atoms with van der Waals surface area (Å²) < 4.78 is 0.706. The number of benzene rings is 1. The van der Waals surface area contributed by atoms with Crippen molar-refractivity contribution in [2.75, 3.05) is 5.32 Å². The lowest BCUT2D eigenvalue weighted by atomic mass is 10.2. The van der Waals surface area contributed by atoms with Gasteiger partial charge in [-0.3, -0.25) is 4.79 Å². The van der Waals surface area contributed by atoms with Gasteiger partial charge in [0, 0.05) is 16.6 Å². The highest BCUT2D eigenvalue weighted by atomic mass is 79.9. The van der Waals surface area contributed by atoms with Crippen molar-refractivity contribution in [3.05, 3.63) is 27.7 Å². The summed E-state index contributed by atoms with van der Waals surface area (Å²) in [5.74, 6) is 2.03. The molecule has 1 aromatic carbocycles. The largest absolute Gasteiger partial charge is 0.325 e. The summed E-state index contributed by atoms with van der Waals surface area (Å²) >= 11 is 9.08. The van der Waals surface area contributed by atoms with E-state index in [2.05, 4.69) is 27.2 Å². The molecule has 1 rings (SSSR count). The first-order chi connectivity index (χ1) is 7.54. The van der Waals surface area contributed by atoms with E-state index < -0.39 is 6.04 Å². The molecule has 0 fully saturated rings. The third-order valence-corrected chi connectivity index (χ3v) is 3.08. The molecule has 0 aliphatic rings. The molecule has 0 aliphatic heterocycles. The molecule has 5 heteroatoms. The summed E-state index contributed by atoms with van der Waals surface area (Å²) in [6.45, 7) is 0. The number of halogens is 2. The number of hydrogen-bond donors (Lipinski definition) is 2. The molecule has 0 bridgehead atoms. The van der Waals surface area contributed by atoms with Gasteiger partial charge in [-0.25, -0.2) is 0 Å². The Labute approximate surface area is 107 Å². The summed E-state index contributed by atoms with van der Waals surface area (Å²) in [5, 5.41) is 3.22. The molecule has 0 spiro atoms. The Morgan fingerprint density at radius 2 is 2.38 bits per heavy atom. The van der Waals surface area contributed by atoms with Crippen molar-refractivity contribution in [2.24, 2.45) is 5.73 Å². The lowest BCUT2D eigenvalue weighted by Crippen LogP contribution is -2.35. The van der Waals surface area contributed by atoms with Crippen LogP contribution in [0, 0.1) is 12.3 Å². The highest BCUT2D eigenvalue weighted by molar-refractivity contribution is 9.10. The standard InChI is InChI=1S/C11H10BrClN2O/c1-2-3-10(14)11(16)15-7-4-5-9(13)8(12)6-7/h1,4-6,10H,3,14H2,(H,15,16). The van der Waals surface area contributed by atoms with Gasteiger partial charge in [0.15, 0.2) is 0 Å². The molecule has 1 unspecified atom stereocenters. The molecule has 1 amide bonds. The third kappa shape index (κ3) is 3.53. The van der Waals surface area contributed by atoms with Gasteiger partial charge in [0.25, 0.3) is 0 Å². The van der Waals surface area contributed by atoms with E-state index in [-0.39, 0.29) is 12.3 Å². The molecule has 1 atom stereocenters. The molecular weight excluding hydrogens is 291 g/mol. The summed E-state index contributed by atoms with van der Waals surface area (Å²) in [5.41, 5.74) is 6.17. The van der Waals surface area contributed by atoms with Crippen LogP contribution in [0.5, 0.6) is 0 Å². The van der Waals surface area contributed by atoms with Crippen molar-refractivity contribution in [3.8, 4) is 12.3 Å². The first-order valence-corrected chi connectivity index (χ1v) is 5.66. The average molecular weight is 302 g/mol. The molecule has 0 saturated carbocycles. The number of nitrogens with two attached hydrogens (primary N) is 1. The summed E-state index contributed by atoms with van der Waals surface area (Å²) in [7, 11) is 0. The van der Waals surface area contributed by atoms with E-state index in [0.29, 0.717) is 15.2 Å². The molecule has 16 heavy (non-hydrogen) atoms. The zero-order valence-corrected chi connectivity index (χ0v) is 10.7. The first kappa shape index (κ1) is 13.0. The van der Waals surface area contributed by atoms with Crippen LogP contribution in [-0.2, 0) is 4.79 Å². The van der Waals surface area contributed by atoms with E-state index in [1.54, 1.807) is 18.2 Å². The molecular formula is C11H10BrClN2O. The highest BCUT2D eigenvalue weighted by Crippen LogP contribution is 2.25. The predicted octanol–water partition coefficient (Wildman–Crippen LogP) is 2.39. The maximum Gasteiger partial charge on any atom is 0.242 e. The molecule has 0 radical (unpaired) electrons. The maximum absolute atomic E-state index is 11.5. The molecule has 3 N–H and O–H groups in total. The van der Waals surface area contributed by atoms with Crippen molar-refractivity contribution in [1.29, 1.82) is 0 Å². The van der Waals surface area contributed by atoms with Crippen LogP contribution in [0.3, 0.4) is 0 Å². The Balaban J connectivity index is 2.70. The van der Waals surface area contributed by atoms with Crippen LogP contribution in [0.15, 0.2) is 22.7 Å². The van der Waals surface area contributed by atoms with Crippen LogP contribution >= 0.6 is 27.5 Å². The minimum Gasteiger partial charge on any atom is -0.325 e. The molecule has 84 valence electrons. The molecule has 0 aromatic heterocycles. The molecule has 0 saturated heterocycles. The average Bonchev–Trinajstić information content (AvgIpc) is 2.24. The SMILES string of the molecule is C#CCC(N)C(=O)Nc1ccc(Cl)c(Br)c1. The fourth-order valence-corrected chi connectivity index (χ4v) is 1.52. The van der Waals surface area contributed by atoms with Gasteiger partial charge in [-0.15, -0.1) is 12.3 Å². The number of carbonyl (C=O) groups excluding carboxylic acids is 1. The van der Waals surface area contributed by atoms with E-state index >= 15 is 0 Å². The number of rotatable bonds is 3. The van der Waals surface area contributed by atoms with Crippen molar-refractivity contribution >= 4 is 39.1 Å². The Bertz CT molecular complexity index is 442. The second-order valence-corrected chi connectivity index (χ2v) is 4.39. The van der Waals surface area contributed by atoms with Crippen LogP contribution in [0.1, 0.15) is 6.42 Å². The quantitative estimate of drug-likeness (QED) is 0.842. The van der Waals surface area contributed by atoms with Crippen molar-refractivity contribution in [3.63, 3.8) is 0 Å². The Hall–Kier alpha value is -1.02. The minimum atomic E-state index is -0.695. The number of hydrogen-bond acceptors (Lipinski definition) is 2. The van der Waals surface area contributed by atoms with E-state index in [0.717, 1.165) is 0 Å². The van der Waals surface area contributed by atoms with Crippen molar-refractivity contribution in [2.45, 2.75) is 12.5 Å². The summed E-state index contributed by atoms with van der Waals surface area (Å²) in [6.07, 6.45) is 5.28. The van der Waals surface area contributed by atoms with E-state index in [9.17, 15) is 4.79 Å². The van der Waals surface area contributed by atoms with Gasteiger partial charge < -0.3 is 11.1 Å². The van der Waals surface area contributed by atoms with Gasteiger partial charge in [0.05, 0.1) is 11.1 Å². The zero-order chi connectivity index (χ0) is 12.1. The molecule has 3 nitrogen and oxygen atoms in total. The van der Waals surface area contributed by atoms with Gasteiger partial charge in [0.2, 0.25) is 5.91 Å². The molecule has 0 heterocycles. The Kier molecular flexibility index (Phi) is 4.81. The summed E-state index contributed by atoms with van der Waals surface area (Å²) in [4.78, 5) is 11.5. The van der Waals surface area contributed by atoms with Crippen molar-refractivity contribution < 1.29 is 4.79 Å². The van der Waals surface area contributed by atoms with E-state index in [1.165, 1.54) is 0 Å². The van der Waals surface area contributed by atoms with Gasteiger partial charge in [-0.05, 0) is 34.1 Å². The molecule has 1 aromatic rings. The normalized spacial score (nSPS) is 11.6. The minimum absolute atomic E-state index is 0.209. The highest BCUT2D eigenvalue weighted by Gasteiger charge is 2.12. The number of amides is 1. The molecule has 0 aliphatic carbocycles. The maximum atomic E-state index is 11.5. The van der Waals surface area contributed by atoms with Crippen LogP contribution in [-0.4, -0.2) is 11.9 Å². The lowest BCUT2D eigenvalue weighted by Gasteiger charge is -2.10. The van der Waals surface area contributed by atoms with Crippen molar-refractivity contribution in [1.82, 2.24) is 0 Å². The Morgan fingerprint density at radius 1 is 1.69 bits per heavy atom. The smallest absolute Gasteiger partial charge is 0.242 e. The second-order valence-electron chi connectivity index (χ2n) is 3.13.